The molecule has 164 valence electrons. The Bertz CT molecular complexity index is 999. The van der Waals surface area contributed by atoms with Crippen molar-refractivity contribution in [2.75, 3.05) is 41.4 Å². The lowest BCUT2D eigenvalue weighted by Gasteiger charge is -2.26. The first-order valence-electron chi connectivity index (χ1n) is 10.1. The first kappa shape index (κ1) is 22.4. The van der Waals surface area contributed by atoms with Gasteiger partial charge in [-0.15, -0.1) is 0 Å². The molecule has 1 aliphatic rings. The van der Waals surface area contributed by atoms with Gasteiger partial charge in [-0.2, -0.15) is 0 Å². The van der Waals surface area contributed by atoms with E-state index in [-0.39, 0.29) is 11.3 Å². The van der Waals surface area contributed by atoms with E-state index < -0.39 is 17.7 Å². The number of ether oxygens (including phenoxy) is 2. The van der Waals surface area contributed by atoms with Crippen molar-refractivity contribution in [1.29, 1.82) is 0 Å². The molecule has 0 saturated carbocycles. The number of methoxy groups -OCH3 is 2. The summed E-state index contributed by atoms with van der Waals surface area (Å²) in [4.78, 5) is 29.6. The highest BCUT2D eigenvalue weighted by molar-refractivity contribution is 6.46. The summed E-state index contributed by atoms with van der Waals surface area (Å²) in [5.74, 6) is -0.556. The van der Waals surface area contributed by atoms with Gasteiger partial charge < -0.3 is 24.4 Å². The van der Waals surface area contributed by atoms with Gasteiger partial charge in [0.1, 0.15) is 17.3 Å². The third-order valence-corrected chi connectivity index (χ3v) is 5.32. The van der Waals surface area contributed by atoms with Crippen molar-refractivity contribution in [3.8, 4) is 11.5 Å². The van der Waals surface area contributed by atoms with Crippen LogP contribution in [0.4, 0.5) is 0 Å². The van der Waals surface area contributed by atoms with E-state index in [1.165, 1.54) is 12.0 Å². The first-order valence-corrected chi connectivity index (χ1v) is 10.1. The van der Waals surface area contributed by atoms with Crippen molar-refractivity contribution in [2.45, 2.75) is 12.5 Å². The van der Waals surface area contributed by atoms with Crippen LogP contribution in [0.15, 0.2) is 54.1 Å². The zero-order chi connectivity index (χ0) is 22.5. The Kier molecular flexibility index (Phi) is 6.97. The number of carbonyl (C=O) groups excluding carboxylic acids is 2. The van der Waals surface area contributed by atoms with Crippen molar-refractivity contribution >= 4 is 17.4 Å². The Morgan fingerprint density at radius 2 is 1.81 bits per heavy atom. The van der Waals surface area contributed by atoms with Gasteiger partial charge in [-0.25, -0.2) is 0 Å². The lowest BCUT2D eigenvalue weighted by Crippen LogP contribution is -2.32. The molecule has 0 aromatic heterocycles. The largest absolute Gasteiger partial charge is 0.507 e. The molecule has 1 atom stereocenters. The Morgan fingerprint density at radius 3 is 2.48 bits per heavy atom. The van der Waals surface area contributed by atoms with E-state index in [1.807, 2.05) is 25.1 Å². The molecule has 1 saturated heterocycles. The molecule has 1 heterocycles. The summed E-state index contributed by atoms with van der Waals surface area (Å²) >= 11 is 0. The molecule has 1 unspecified atom stereocenters. The topological polar surface area (TPSA) is 79.3 Å². The second kappa shape index (κ2) is 9.66. The second-order valence-electron chi connectivity index (χ2n) is 7.63. The van der Waals surface area contributed by atoms with Crippen LogP contribution in [0.2, 0.25) is 0 Å². The standard InChI is InChI=1S/C24H28N2O5/c1-25(2)13-8-14-26-21(16-9-7-10-17(15-16)30-3)20(23(28)24(26)29)22(27)18-11-5-6-12-19(18)31-4/h5-7,9-12,15,21,27H,8,13-14H2,1-4H3/b22-20-. The van der Waals surface area contributed by atoms with E-state index in [9.17, 15) is 14.7 Å². The van der Waals surface area contributed by atoms with Crippen LogP contribution in [0.3, 0.4) is 0 Å². The maximum atomic E-state index is 13.1. The normalized spacial score (nSPS) is 18.0. The molecule has 1 fully saturated rings. The highest BCUT2D eigenvalue weighted by Gasteiger charge is 2.46. The smallest absolute Gasteiger partial charge is 0.295 e. The number of rotatable bonds is 8. The maximum absolute atomic E-state index is 13.1. The number of amides is 1. The molecule has 2 aromatic carbocycles. The Hall–Kier alpha value is -3.32. The summed E-state index contributed by atoms with van der Waals surface area (Å²) in [7, 11) is 6.96. The van der Waals surface area contributed by atoms with Crippen LogP contribution < -0.4 is 9.47 Å². The lowest BCUT2D eigenvalue weighted by atomic mass is 9.95. The first-order chi connectivity index (χ1) is 14.9. The number of benzene rings is 2. The Balaban J connectivity index is 2.15. The van der Waals surface area contributed by atoms with E-state index in [1.54, 1.807) is 49.6 Å². The van der Waals surface area contributed by atoms with Gasteiger partial charge in [0, 0.05) is 6.54 Å². The zero-order valence-electron chi connectivity index (χ0n) is 18.3. The molecule has 1 amide bonds. The predicted octanol–water partition coefficient (Wildman–Crippen LogP) is 3.08. The summed E-state index contributed by atoms with van der Waals surface area (Å²) in [6, 6.07) is 13.4. The van der Waals surface area contributed by atoms with Gasteiger partial charge in [-0.05, 0) is 56.9 Å². The summed E-state index contributed by atoms with van der Waals surface area (Å²) in [6.45, 7) is 1.15. The maximum Gasteiger partial charge on any atom is 0.295 e. The monoisotopic (exact) mass is 424 g/mol. The van der Waals surface area contributed by atoms with Crippen LogP contribution >= 0.6 is 0 Å². The van der Waals surface area contributed by atoms with E-state index in [2.05, 4.69) is 0 Å². The molecule has 0 radical (unpaired) electrons. The quantitative estimate of drug-likeness (QED) is 0.399. The highest BCUT2D eigenvalue weighted by atomic mass is 16.5. The number of para-hydroxylation sites is 1. The molecule has 1 N–H and O–H groups in total. The van der Waals surface area contributed by atoms with Crippen molar-refractivity contribution in [3.63, 3.8) is 0 Å². The lowest BCUT2D eigenvalue weighted by molar-refractivity contribution is -0.139. The molecular formula is C24H28N2O5. The van der Waals surface area contributed by atoms with Crippen LogP contribution in [-0.4, -0.2) is 68.0 Å². The Morgan fingerprint density at radius 1 is 1.06 bits per heavy atom. The molecule has 31 heavy (non-hydrogen) atoms. The molecule has 0 bridgehead atoms. The van der Waals surface area contributed by atoms with Crippen LogP contribution in [0.25, 0.3) is 5.76 Å². The zero-order valence-corrected chi connectivity index (χ0v) is 18.3. The number of Topliss-reactive ketones (excluding diaryl/α,β-unsaturated/α-hetero) is 1. The van der Waals surface area contributed by atoms with Crippen LogP contribution in [0.1, 0.15) is 23.6 Å². The number of hydrogen-bond acceptors (Lipinski definition) is 6. The third-order valence-electron chi connectivity index (χ3n) is 5.32. The number of carbonyl (C=O) groups is 2. The summed E-state index contributed by atoms with van der Waals surface area (Å²) in [5, 5.41) is 11.2. The van der Waals surface area contributed by atoms with Crippen molar-refractivity contribution < 1.29 is 24.2 Å². The van der Waals surface area contributed by atoms with Crippen LogP contribution in [0.5, 0.6) is 11.5 Å². The van der Waals surface area contributed by atoms with Crippen LogP contribution in [-0.2, 0) is 9.59 Å². The fourth-order valence-corrected chi connectivity index (χ4v) is 3.81. The van der Waals surface area contributed by atoms with E-state index in [4.69, 9.17) is 9.47 Å². The van der Waals surface area contributed by atoms with Crippen LogP contribution in [0, 0.1) is 0 Å². The minimum atomic E-state index is -0.720. The number of nitrogens with zero attached hydrogens (tertiary/aromatic N) is 2. The minimum Gasteiger partial charge on any atom is -0.507 e. The molecule has 2 aromatic rings. The van der Waals surface area contributed by atoms with Crippen molar-refractivity contribution in [3.05, 3.63) is 65.2 Å². The predicted molar refractivity (Wildman–Crippen MR) is 118 cm³/mol. The van der Waals surface area contributed by atoms with E-state index >= 15 is 0 Å². The summed E-state index contributed by atoms with van der Waals surface area (Å²) < 4.78 is 10.7. The highest BCUT2D eigenvalue weighted by Crippen LogP contribution is 2.41. The number of aliphatic hydroxyl groups is 1. The van der Waals surface area contributed by atoms with Gasteiger partial charge in [-0.1, -0.05) is 24.3 Å². The number of ketones is 1. The molecule has 0 spiro atoms. The van der Waals surface area contributed by atoms with Gasteiger partial charge >= 0.3 is 0 Å². The van der Waals surface area contributed by atoms with Gasteiger partial charge in [0.25, 0.3) is 11.7 Å². The van der Waals surface area contributed by atoms with E-state index in [0.717, 1.165) is 6.54 Å². The fraction of sp³-hybridized carbons (Fsp3) is 0.333. The van der Waals surface area contributed by atoms with Crippen molar-refractivity contribution in [2.24, 2.45) is 0 Å². The molecule has 1 aliphatic heterocycles. The third kappa shape index (κ3) is 4.56. The molecule has 0 aliphatic carbocycles. The number of aliphatic hydroxyl groups excluding tert-OH is 1. The second-order valence-corrected chi connectivity index (χ2v) is 7.63. The van der Waals surface area contributed by atoms with Crippen molar-refractivity contribution in [1.82, 2.24) is 9.80 Å². The van der Waals surface area contributed by atoms with E-state index in [0.29, 0.717) is 35.6 Å². The molecule has 3 rings (SSSR count). The number of hydrogen-bond donors (Lipinski definition) is 1. The average molecular weight is 424 g/mol. The molecular weight excluding hydrogens is 396 g/mol. The van der Waals surface area contributed by atoms with Gasteiger partial charge in [0.2, 0.25) is 0 Å². The fourth-order valence-electron chi connectivity index (χ4n) is 3.81. The Labute approximate surface area is 182 Å². The van der Waals surface area contributed by atoms with Gasteiger partial charge in [-0.3, -0.25) is 9.59 Å². The average Bonchev–Trinajstić information content (AvgIpc) is 3.03. The minimum absolute atomic E-state index is 0.0487. The summed E-state index contributed by atoms with van der Waals surface area (Å²) in [5.41, 5.74) is 1.11. The van der Waals surface area contributed by atoms with Gasteiger partial charge in [0.15, 0.2) is 0 Å². The summed E-state index contributed by atoms with van der Waals surface area (Å²) in [6.07, 6.45) is 0.690. The molecule has 7 heteroatoms. The SMILES string of the molecule is COc1cccc(C2/C(=C(/O)c3ccccc3OC)C(=O)C(=O)N2CCCN(C)C)c1. The van der Waals surface area contributed by atoms with Gasteiger partial charge in [0.05, 0.1) is 31.4 Å². The molecule has 7 nitrogen and oxygen atoms in total. The number of likely N-dealkylation sites (tertiary alicyclic amines) is 1.